The van der Waals surface area contributed by atoms with E-state index in [1.54, 1.807) is 13.8 Å². The molecule has 0 saturated heterocycles. The van der Waals surface area contributed by atoms with Gasteiger partial charge in [-0.05, 0) is 18.5 Å². The monoisotopic (exact) mass is 127 g/mol. The summed E-state index contributed by atoms with van der Waals surface area (Å²) >= 11 is 0. The van der Waals surface area contributed by atoms with E-state index in [4.69, 9.17) is 0 Å². The fourth-order valence-electron chi connectivity index (χ4n) is 0.483. The van der Waals surface area contributed by atoms with Crippen LogP contribution in [0.2, 0.25) is 0 Å². The molecular formula is C6H9NO2. The second-order valence-electron chi connectivity index (χ2n) is 1.69. The van der Waals surface area contributed by atoms with Crippen LogP contribution in [-0.2, 0) is 4.79 Å². The van der Waals surface area contributed by atoms with Gasteiger partial charge in [0.1, 0.15) is 6.29 Å². The van der Waals surface area contributed by atoms with Crippen LogP contribution >= 0.6 is 0 Å². The molecule has 50 valence electrons. The molecule has 0 radical (unpaired) electrons. The van der Waals surface area contributed by atoms with E-state index in [0.29, 0.717) is 24.0 Å². The molecule has 0 rings (SSSR count). The molecule has 0 aliphatic rings. The summed E-state index contributed by atoms with van der Waals surface area (Å²) in [5.41, 5.74) is 0.762. The summed E-state index contributed by atoms with van der Waals surface area (Å²) < 4.78 is 0. The van der Waals surface area contributed by atoms with Crippen molar-refractivity contribution in [3.05, 3.63) is 16.2 Å². The lowest BCUT2D eigenvalue weighted by Gasteiger charge is -1.90. The van der Waals surface area contributed by atoms with Crippen molar-refractivity contribution in [3.63, 3.8) is 0 Å². The summed E-state index contributed by atoms with van der Waals surface area (Å²) in [6.07, 6.45) is 1.16. The van der Waals surface area contributed by atoms with Crippen LogP contribution in [0, 0.1) is 4.91 Å². The van der Waals surface area contributed by atoms with Crippen molar-refractivity contribution in [2.45, 2.75) is 20.3 Å². The number of allylic oxidation sites excluding steroid dienone is 2. The van der Waals surface area contributed by atoms with E-state index in [0.717, 1.165) is 0 Å². The highest BCUT2D eigenvalue weighted by Gasteiger charge is 1.96. The van der Waals surface area contributed by atoms with E-state index in [1.807, 2.05) is 0 Å². The maximum Gasteiger partial charge on any atom is 0.147 e. The fraction of sp³-hybridized carbons (Fsp3) is 0.500. The number of carbonyl (C=O) groups excluding carboxylic acids is 1. The maximum atomic E-state index is 10.0. The lowest BCUT2D eigenvalue weighted by molar-refractivity contribution is -0.104. The van der Waals surface area contributed by atoms with Gasteiger partial charge in [-0.15, -0.1) is 4.91 Å². The minimum Gasteiger partial charge on any atom is -0.298 e. The third kappa shape index (κ3) is 2.17. The highest BCUT2D eigenvalue weighted by atomic mass is 16.3. The Morgan fingerprint density at radius 3 is 2.33 bits per heavy atom. The van der Waals surface area contributed by atoms with Crippen LogP contribution in [0.4, 0.5) is 0 Å². The van der Waals surface area contributed by atoms with E-state index < -0.39 is 0 Å². The minimum atomic E-state index is 0.338. The van der Waals surface area contributed by atoms with Crippen LogP contribution in [0.3, 0.4) is 0 Å². The quantitative estimate of drug-likeness (QED) is 0.328. The van der Waals surface area contributed by atoms with Crippen molar-refractivity contribution in [1.29, 1.82) is 0 Å². The van der Waals surface area contributed by atoms with Gasteiger partial charge in [0.05, 0.1) is 5.70 Å². The van der Waals surface area contributed by atoms with Gasteiger partial charge < -0.3 is 0 Å². The van der Waals surface area contributed by atoms with Gasteiger partial charge in [0.2, 0.25) is 0 Å². The van der Waals surface area contributed by atoms with Crippen molar-refractivity contribution in [2.75, 3.05) is 0 Å². The first-order valence-corrected chi connectivity index (χ1v) is 2.74. The number of carbonyl (C=O) groups is 1. The molecule has 0 aliphatic carbocycles. The van der Waals surface area contributed by atoms with Crippen LogP contribution < -0.4 is 0 Å². The van der Waals surface area contributed by atoms with E-state index in [-0.39, 0.29) is 0 Å². The summed E-state index contributed by atoms with van der Waals surface area (Å²) in [6, 6.07) is 0. The summed E-state index contributed by atoms with van der Waals surface area (Å²) in [7, 11) is 0. The topological polar surface area (TPSA) is 46.5 Å². The summed E-state index contributed by atoms with van der Waals surface area (Å²) in [4.78, 5) is 19.9. The minimum absolute atomic E-state index is 0.338. The molecule has 0 aromatic rings. The second kappa shape index (κ2) is 3.95. The lowest BCUT2D eigenvalue weighted by atomic mass is 10.2. The maximum absolute atomic E-state index is 10.0. The number of nitroso groups, excluding NO2 is 1. The largest absolute Gasteiger partial charge is 0.298 e. The van der Waals surface area contributed by atoms with Crippen molar-refractivity contribution < 1.29 is 4.79 Å². The van der Waals surface area contributed by atoms with Crippen LogP contribution in [0.5, 0.6) is 0 Å². The first kappa shape index (κ1) is 8.01. The number of hydrogen-bond donors (Lipinski definition) is 0. The highest BCUT2D eigenvalue weighted by Crippen LogP contribution is 2.06. The van der Waals surface area contributed by atoms with Gasteiger partial charge in [-0.1, -0.05) is 6.92 Å². The molecule has 0 heterocycles. The van der Waals surface area contributed by atoms with E-state index in [1.165, 1.54) is 0 Å². The molecule has 3 heteroatoms. The predicted octanol–water partition coefficient (Wildman–Crippen LogP) is 1.64. The Morgan fingerprint density at radius 1 is 1.67 bits per heavy atom. The van der Waals surface area contributed by atoms with Crippen LogP contribution in [-0.4, -0.2) is 6.29 Å². The van der Waals surface area contributed by atoms with Gasteiger partial charge in [0.15, 0.2) is 0 Å². The van der Waals surface area contributed by atoms with Crippen molar-refractivity contribution >= 4 is 6.29 Å². The van der Waals surface area contributed by atoms with Gasteiger partial charge in [0.25, 0.3) is 0 Å². The highest BCUT2D eigenvalue weighted by molar-refractivity contribution is 5.73. The predicted molar refractivity (Wildman–Crippen MR) is 34.8 cm³/mol. The van der Waals surface area contributed by atoms with Crippen molar-refractivity contribution in [3.8, 4) is 0 Å². The Kier molecular flexibility index (Phi) is 3.51. The second-order valence-corrected chi connectivity index (χ2v) is 1.69. The number of rotatable bonds is 3. The summed E-state index contributed by atoms with van der Waals surface area (Å²) in [5.74, 6) is 0. The molecule has 0 aliphatic heterocycles. The molecule has 0 spiro atoms. The third-order valence-corrected chi connectivity index (χ3v) is 1.08. The van der Waals surface area contributed by atoms with Crippen molar-refractivity contribution in [1.82, 2.24) is 0 Å². The van der Waals surface area contributed by atoms with Gasteiger partial charge in [-0.3, -0.25) is 4.79 Å². The van der Waals surface area contributed by atoms with E-state index in [2.05, 4.69) is 5.18 Å². The average Bonchev–Trinajstić information content (AvgIpc) is 1.90. The first-order valence-electron chi connectivity index (χ1n) is 2.74. The zero-order chi connectivity index (χ0) is 7.28. The lowest BCUT2D eigenvalue weighted by Crippen LogP contribution is -1.83. The standard InChI is InChI=1S/C6H9NO2/c1-3-6(7-9)5(2)4-8/h4H,3H2,1-2H3/b6-5-. The zero-order valence-electron chi connectivity index (χ0n) is 5.55. The van der Waals surface area contributed by atoms with E-state index in [9.17, 15) is 9.70 Å². The Hall–Kier alpha value is -0.990. The smallest absolute Gasteiger partial charge is 0.147 e. The number of aldehydes is 1. The Balaban J connectivity index is 4.36. The zero-order valence-corrected chi connectivity index (χ0v) is 5.55. The Labute approximate surface area is 53.7 Å². The fourth-order valence-corrected chi connectivity index (χ4v) is 0.483. The Bertz CT molecular complexity index is 149. The van der Waals surface area contributed by atoms with Gasteiger partial charge >= 0.3 is 0 Å². The SMILES string of the molecule is CC/C(N=O)=C(\C)C=O. The Morgan fingerprint density at radius 2 is 2.22 bits per heavy atom. The summed E-state index contributed by atoms with van der Waals surface area (Å²) in [5, 5.41) is 2.68. The molecule has 0 fully saturated rings. The average molecular weight is 127 g/mol. The molecule has 0 aromatic carbocycles. The van der Waals surface area contributed by atoms with Gasteiger partial charge in [0, 0.05) is 5.57 Å². The van der Waals surface area contributed by atoms with Crippen LogP contribution in [0.25, 0.3) is 0 Å². The molecule has 0 atom stereocenters. The first-order chi connectivity index (χ1) is 4.26. The molecule has 0 aromatic heterocycles. The molecule has 9 heavy (non-hydrogen) atoms. The molecule has 0 bridgehead atoms. The summed E-state index contributed by atoms with van der Waals surface area (Å²) in [6.45, 7) is 3.36. The number of nitrogens with zero attached hydrogens (tertiary/aromatic N) is 1. The van der Waals surface area contributed by atoms with E-state index >= 15 is 0 Å². The van der Waals surface area contributed by atoms with Crippen LogP contribution in [0.1, 0.15) is 20.3 Å². The number of hydrogen-bond acceptors (Lipinski definition) is 3. The third-order valence-electron chi connectivity index (χ3n) is 1.08. The van der Waals surface area contributed by atoms with Crippen LogP contribution in [0.15, 0.2) is 16.4 Å². The van der Waals surface area contributed by atoms with Gasteiger partial charge in [-0.25, -0.2) is 0 Å². The molecule has 0 unspecified atom stereocenters. The molecule has 0 N–H and O–H groups in total. The normalized spacial score (nSPS) is 12.2. The molecular weight excluding hydrogens is 118 g/mol. The molecule has 3 nitrogen and oxygen atoms in total. The van der Waals surface area contributed by atoms with Crippen molar-refractivity contribution in [2.24, 2.45) is 5.18 Å². The van der Waals surface area contributed by atoms with Gasteiger partial charge in [-0.2, -0.15) is 0 Å². The molecule has 0 amide bonds. The molecule has 0 saturated carbocycles.